The zero-order chi connectivity index (χ0) is 10.6. The summed E-state index contributed by atoms with van der Waals surface area (Å²) in [6.07, 6.45) is 5.52. The van der Waals surface area contributed by atoms with Crippen molar-refractivity contribution in [1.29, 1.82) is 5.26 Å². The molecule has 0 heterocycles. The van der Waals surface area contributed by atoms with E-state index >= 15 is 0 Å². The van der Waals surface area contributed by atoms with Crippen LogP contribution in [0, 0.1) is 22.7 Å². The number of rotatable bonds is 5. The number of nitriles is 1. The monoisotopic (exact) mass is 194 g/mol. The van der Waals surface area contributed by atoms with Crippen LogP contribution in [0.25, 0.3) is 0 Å². The molecule has 1 atom stereocenters. The highest BCUT2D eigenvalue weighted by Crippen LogP contribution is 2.30. The van der Waals surface area contributed by atoms with E-state index in [9.17, 15) is 0 Å². The van der Waals surface area contributed by atoms with Gasteiger partial charge in [0.15, 0.2) is 0 Å². The molecule has 0 aliphatic heterocycles. The number of hydrogen-bond acceptors (Lipinski definition) is 2. The molecular weight excluding hydrogens is 172 g/mol. The Morgan fingerprint density at radius 3 is 2.57 bits per heavy atom. The van der Waals surface area contributed by atoms with Crippen LogP contribution in [0.15, 0.2) is 0 Å². The molecule has 0 aromatic rings. The van der Waals surface area contributed by atoms with Gasteiger partial charge in [0.1, 0.15) is 0 Å². The minimum atomic E-state index is -0.228. The molecule has 1 aliphatic rings. The first-order valence-electron chi connectivity index (χ1n) is 5.68. The molecule has 2 nitrogen and oxygen atoms in total. The van der Waals surface area contributed by atoms with E-state index < -0.39 is 0 Å². The van der Waals surface area contributed by atoms with Crippen molar-refractivity contribution < 1.29 is 0 Å². The second-order valence-corrected chi connectivity index (χ2v) is 5.31. The lowest BCUT2D eigenvalue weighted by molar-refractivity contribution is 0.259. The van der Waals surface area contributed by atoms with Crippen molar-refractivity contribution in [3.63, 3.8) is 0 Å². The Morgan fingerprint density at radius 2 is 2.14 bits per heavy atom. The lowest BCUT2D eigenvalue weighted by Crippen LogP contribution is -2.36. The SMILES string of the molecule is CC(CC1CCC1)NCC(C)(C)C#N. The minimum Gasteiger partial charge on any atom is -0.313 e. The second-order valence-electron chi connectivity index (χ2n) is 5.31. The molecule has 80 valence electrons. The van der Waals surface area contributed by atoms with Gasteiger partial charge >= 0.3 is 0 Å². The van der Waals surface area contributed by atoms with Crippen LogP contribution in [0.4, 0.5) is 0 Å². The van der Waals surface area contributed by atoms with Crippen LogP contribution in [-0.2, 0) is 0 Å². The molecule has 0 bridgehead atoms. The Labute approximate surface area is 87.7 Å². The summed E-state index contributed by atoms with van der Waals surface area (Å²) in [6.45, 7) is 7.00. The van der Waals surface area contributed by atoms with Crippen LogP contribution in [0.5, 0.6) is 0 Å². The molecule has 14 heavy (non-hydrogen) atoms. The molecule has 1 N–H and O–H groups in total. The van der Waals surface area contributed by atoms with Crippen LogP contribution in [-0.4, -0.2) is 12.6 Å². The van der Waals surface area contributed by atoms with Crippen LogP contribution in [0.1, 0.15) is 46.5 Å². The molecule has 1 rings (SSSR count). The Bertz CT molecular complexity index is 211. The molecular formula is C12H22N2. The third-order valence-corrected chi connectivity index (χ3v) is 3.11. The highest BCUT2D eigenvalue weighted by Gasteiger charge is 2.22. The van der Waals surface area contributed by atoms with E-state index in [1.54, 1.807) is 0 Å². The molecule has 0 spiro atoms. The van der Waals surface area contributed by atoms with Crippen LogP contribution < -0.4 is 5.32 Å². The normalized spacial score (nSPS) is 19.9. The van der Waals surface area contributed by atoms with E-state index in [1.807, 2.05) is 13.8 Å². The molecule has 0 radical (unpaired) electrons. The largest absolute Gasteiger partial charge is 0.313 e. The summed E-state index contributed by atoms with van der Waals surface area (Å²) in [5, 5.41) is 12.3. The van der Waals surface area contributed by atoms with E-state index in [0.717, 1.165) is 12.5 Å². The topological polar surface area (TPSA) is 35.8 Å². The predicted octanol–water partition coefficient (Wildman–Crippen LogP) is 2.70. The average molecular weight is 194 g/mol. The number of nitrogens with zero attached hydrogens (tertiary/aromatic N) is 1. The Hall–Kier alpha value is -0.550. The molecule has 1 saturated carbocycles. The Morgan fingerprint density at radius 1 is 1.50 bits per heavy atom. The molecule has 1 aliphatic carbocycles. The first-order valence-corrected chi connectivity index (χ1v) is 5.68. The van der Waals surface area contributed by atoms with Crippen molar-refractivity contribution in [3.8, 4) is 6.07 Å². The number of nitrogens with one attached hydrogen (secondary N) is 1. The van der Waals surface area contributed by atoms with Crippen LogP contribution in [0.3, 0.4) is 0 Å². The van der Waals surface area contributed by atoms with E-state index in [0.29, 0.717) is 6.04 Å². The molecule has 1 unspecified atom stereocenters. The van der Waals surface area contributed by atoms with E-state index in [4.69, 9.17) is 5.26 Å². The third kappa shape index (κ3) is 3.67. The summed E-state index contributed by atoms with van der Waals surface area (Å²) in [4.78, 5) is 0. The third-order valence-electron chi connectivity index (χ3n) is 3.11. The van der Waals surface area contributed by atoms with Crippen molar-refractivity contribution in [2.75, 3.05) is 6.54 Å². The lowest BCUT2D eigenvalue weighted by atomic mass is 9.81. The van der Waals surface area contributed by atoms with Crippen molar-refractivity contribution in [2.24, 2.45) is 11.3 Å². The van der Waals surface area contributed by atoms with Crippen LogP contribution >= 0.6 is 0 Å². The second kappa shape index (κ2) is 4.79. The highest BCUT2D eigenvalue weighted by atomic mass is 14.9. The van der Waals surface area contributed by atoms with Gasteiger partial charge in [0.05, 0.1) is 11.5 Å². The minimum absolute atomic E-state index is 0.228. The molecule has 2 heteroatoms. The zero-order valence-electron chi connectivity index (χ0n) is 9.64. The maximum absolute atomic E-state index is 8.86. The van der Waals surface area contributed by atoms with Gasteiger partial charge in [-0.05, 0) is 33.1 Å². The first kappa shape index (κ1) is 11.5. The molecule has 0 aromatic carbocycles. The summed E-state index contributed by atoms with van der Waals surface area (Å²) in [5.74, 6) is 0.947. The molecule has 0 amide bonds. The van der Waals surface area contributed by atoms with Gasteiger partial charge in [-0.15, -0.1) is 0 Å². The maximum atomic E-state index is 8.86. The summed E-state index contributed by atoms with van der Waals surface area (Å²) in [5.41, 5.74) is -0.228. The van der Waals surface area contributed by atoms with Gasteiger partial charge in [0.25, 0.3) is 0 Å². The Balaban J connectivity index is 2.14. The predicted molar refractivity (Wildman–Crippen MR) is 58.8 cm³/mol. The quantitative estimate of drug-likeness (QED) is 0.730. The molecule has 0 aromatic heterocycles. The molecule has 1 fully saturated rings. The van der Waals surface area contributed by atoms with E-state index in [2.05, 4.69) is 18.3 Å². The Kier molecular flexibility index (Phi) is 3.95. The van der Waals surface area contributed by atoms with Gasteiger partial charge in [0, 0.05) is 12.6 Å². The highest BCUT2D eigenvalue weighted by molar-refractivity contribution is 4.93. The average Bonchev–Trinajstić information content (AvgIpc) is 2.08. The fraction of sp³-hybridized carbons (Fsp3) is 0.917. The van der Waals surface area contributed by atoms with Crippen molar-refractivity contribution >= 4 is 0 Å². The summed E-state index contributed by atoms with van der Waals surface area (Å²) >= 11 is 0. The van der Waals surface area contributed by atoms with Gasteiger partial charge < -0.3 is 5.32 Å². The van der Waals surface area contributed by atoms with Gasteiger partial charge in [-0.25, -0.2) is 0 Å². The van der Waals surface area contributed by atoms with E-state index in [-0.39, 0.29) is 5.41 Å². The van der Waals surface area contributed by atoms with Crippen molar-refractivity contribution in [2.45, 2.75) is 52.5 Å². The molecule has 0 saturated heterocycles. The zero-order valence-corrected chi connectivity index (χ0v) is 9.64. The summed E-state index contributed by atoms with van der Waals surface area (Å²) in [6, 6.07) is 2.88. The first-order chi connectivity index (χ1) is 6.53. The maximum Gasteiger partial charge on any atom is 0.0697 e. The van der Waals surface area contributed by atoms with Gasteiger partial charge in [-0.1, -0.05) is 19.3 Å². The summed E-state index contributed by atoms with van der Waals surface area (Å²) < 4.78 is 0. The van der Waals surface area contributed by atoms with Gasteiger partial charge in [0.2, 0.25) is 0 Å². The van der Waals surface area contributed by atoms with Crippen LogP contribution in [0.2, 0.25) is 0 Å². The lowest BCUT2D eigenvalue weighted by Gasteiger charge is -2.29. The van der Waals surface area contributed by atoms with E-state index in [1.165, 1.54) is 25.7 Å². The smallest absolute Gasteiger partial charge is 0.0697 e. The fourth-order valence-corrected chi connectivity index (χ4v) is 1.78. The number of hydrogen-bond donors (Lipinski definition) is 1. The van der Waals surface area contributed by atoms with Crippen molar-refractivity contribution in [1.82, 2.24) is 5.32 Å². The van der Waals surface area contributed by atoms with Crippen molar-refractivity contribution in [3.05, 3.63) is 0 Å². The van der Waals surface area contributed by atoms with Gasteiger partial charge in [-0.3, -0.25) is 0 Å². The fourth-order valence-electron chi connectivity index (χ4n) is 1.78. The van der Waals surface area contributed by atoms with Gasteiger partial charge in [-0.2, -0.15) is 5.26 Å². The summed E-state index contributed by atoms with van der Waals surface area (Å²) in [7, 11) is 0. The standard InChI is InChI=1S/C12H22N2/c1-10(7-11-5-4-6-11)14-9-12(2,3)8-13/h10-11,14H,4-7,9H2,1-3H3.